The molecule has 130 valence electrons. The molecule has 0 saturated carbocycles. The SMILES string of the molecule is O=C(Nc1ncccn1)N1CCN(Cc2ccc3c(c2)OCO3)CC1. The number of aromatic nitrogens is 2. The Labute approximate surface area is 145 Å². The molecule has 2 aliphatic rings. The standard InChI is InChI=1S/C17H19N5O3/c23-17(20-16-18-4-1-5-19-16)22-8-6-21(7-9-22)11-13-2-3-14-15(10-13)25-12-24-14/h1-5,10H,6-9,11-12H2,(H,18,19,20,23). The molecule has 8 nitrogen and oxygen atoms in total. The highest BCUT2D eigenvalue weighted by Crippen LogP contribution is 2.32. The van der Waals surface area contributed by atoms with Crippen molar-refractivity contribution in [1.29, 1.82) is 0 Å². The zero-order valence-corrected chi connectivity index (χ0v) is 13.7. The molecule has 3 heterocycles. The second-order valence-corrected chi connectivity index (χ2v) is 5.95. The summed E-state index contributed by atoms with van der Waals surface area (Å²) in [5, 5.41) is 2.72. The van der Waals surface area contributed by atoms with Gasteiger partial charge in [-0.15, -0.1) is 0 Å². The Hall–Kier alpha value is -2.87. The van der Waals surface area contributed by atoms with Crippen LogP contribution in [0.5, 0.6) is 11.5 Å². The van der Waals surface area contributed by atoms with Crippen LogP contribution in [-0.2, 0) is 6.54 Å². The van der Waals surface area contributed by atoms with E-state index in [4.69, 9.17) is 9.47 Å². The number of fused-ring (bicyclic) bond motifs is 1. The highest BCUT2D eigenvalue weighted by Gasteiger charge is 2.22. The second kappa shape index (κ2) is 6.94. The second-order valence-electron chi connectivity index (χ2n) is 5.95. The first-order chi connectivity index (χ1) is 12.3. The van der Waals surface area contributed by atoms with E-state index < -0.39 is 0 Å². The number of benzene rings is 1. The molecule has 2 aromatic rings. The predicted octanol–water partition coefficient (Wildman–Crippen LogP) is 1.55. The maximum Gasteiger partial charge on any atom is 0.324 e. The van der Waals surface area contributed by atoms with Crippen molar-refractivity contribution >= 4 is 12.0 Å². The van der Waals surface area contributed by atoms with Crippen molar-refractivity contribution < 1.29 is 14.3 Å². The molecule has 1 fully saturated rings. The molecular formula is C17H19N5O3. The van der Waals surface area contributed by atoms with Gasteiger partial charge in [-0.25, -0.2) is 14.8 Å². The summed E-state index contributed by atoms with van der Waals surface area (Å²) >= 11 is 0. The molecule has 1 aromatic heterocycles. The first-order valence-corrected chi connectivity index (χ1v) is 8.22. The van der Waals surface area contributed by atoms with Crippen LogP contribution >= 0.6 is 0 Å². The Morgan fingerprint density at radius 3 is 2.64 bits per heavy atom. The molecule has 4 rings (SSSR count). The van der Waals surface area contributed by atoms with Gasteiger partial charge in [0.15, 0.2) is 11.5 Å². The fraction of sp³-hybridized carbons (Fsp3) is 0.353. The van der Waals surface area contributed by atoms with Crippen molar-refractivity contribution in [2.24, 2.45) is 0 Å². The number of urea groups is 1. The van der Waals surface area contributed by atoms with Gasteiger partial charge >= 0.3 is 6.03 Å². The summed E-state index contributed by atoms with van der Waals surface area (Å²) in [6.07, 6.45) is 3.21. The summed E-state index contributed by atoms with van der Waals surface area (Å²) in [6.45, 7) is 4.09. The lowest BCUT2D eigenvalue weighted by molar-refractivity contribution is 0.143. The highest BCUT2D eigenvalue weighted by atomic mass is 16.7. The zero-order chi connectivity index (χ0) is 17.1. The van der Waals surface area contributed by atoms with Gasteiger partial charge in [-0.2, -0.15) is 0 Å². The number of hydrogen-bond acceptors (Lipinski definition) is 6. The number of nitrogens with zero attached hydrogens (tertiary/aromatic N) is 4. The van der Waals surface area contributed by atoms with Gasteiger partial charge in [0.25, 0.3) is 0 Å². The first kappa shape index (κ1) is 15.6. The van der Waals surface area contributed by atoms with Crippen LogP contribution in [0.3, 0.4) is 0 Å². The summed E-state index contributed by atoms with van der Waals surface area (Å²) in [6, 6.07) is 7.58. The molecule has 0 aliphatic carbocycles. The van der Waals surface area contributed by atoms with E-state index in [9.17, 15) is 4.79 Å². The molecule has 1 N–H and O–H groups in total. The maximum atomic E-state index is 12.2. The van der Waals surface area contributed by atoms with E-state index in [1.807, 2.05) is 12.1 Å². The number of nitrogens with one attached hydrogen (secondary N) is 1. The van der Waals surface area contributed by atoms with Crippen LogP contribution < -0.4 is 14.8 Å². The number of carbonyl (C=O) groups excluding carboxylic acids is 1. The Bertz CT molecular complexity index is 747. The van der Waals surface area contributed by atoms with Gasteiger partial charge < -0.3 is 14.4 Å². The molecule has 0 unspecified atom stereocenters. The number of anilines is 1. The van der Waals surface area contributed by atoms with Crippen molar-refractivity contribution in [2.75, 3.05) is 38.3 Å². The average Bonchev–Trinajstić information content (AvgIpc) is 3.11. The first-order valence-electron chi connectivity index (χ1n) is 8.22. The zero-order valence-electron chi connectivity index (χ0n) is 13.7. The summed E-state index contributed by atoms with van der Waals surface area (Å²) in [4.78, 5) is 24.4. The molecule has 1 saturated heterocycles. The summed E-state index contributed by atoms with van der Waals surface area (Å²) in [7, 11) is 0. The minimum absolute atomic E-state index is 0.158. The van der Waals surface area contributed by atoms with E-state index in [1.54, 1.807) is 23.4 Å². The van der Waals surface area contributed by atoms with Crippen LogP contribution in [0.1, 0.15) is 5.56 Å². The molecule has 8 heteroatoms. The molecule has 2 aliphatic heterocycles. The fourth-order valence-corrected chi connectivity index (χ4v) is 2.94. The number of rotatable bonds is 3. The molecule has 1 aromatic carbocycles. The third-order valence-corrected chi connectivity index (χ3v) is 4.29. The lowest BCUT2D eigenvalue weighted by atomic mass is 10.1. The third-order valence-electron chi connectivity index (χ3n) is 4.29. The van der Waals surface area contributed by atoms with Crippen LogP contribution in [-0.4, -0.2) is 58.8 Å². The summed E-state index contributed by atoms with van der Waals surface area (Å²) in [5.74, 6) is 1.93. The lowest BCUT2D eigenvalue weighted by Gasteiger charge is -2.34. The molecule has 2 amide bonds. The van der Waals surface area contributed by atoms with Crippen LogP contribution in [0, 0.1) is 0 Å². The molecule has 0 spiro atoms. The molecule has 0 bridgehead atoms. The van der Waals surface area contributed by atoms with Crippen molar-refractivity contribution in [2.45, 2.75) is 6.54 Å². The van der Waals surface area contributed by atoms with Gasteiger partial charge in [-0.05, 0) is 23.8 Å². The van der Waals surface area contributed by atoms with Crippen LogP contribution in [0.25, 0.3) is 0 Å². The van der Waals surface area contributed by atoms with E-state index in [2.05, 4.69) is 26.3 Å². The van der Waals surface area contributed by atoms with E-state index in [-0.39, 0.29) is 12.8 Å². The summed E-state index contributed by atoms with van der Waals surface area (Å²) in [5.41, 5.74) is 1.18. The molecular weight excluding hydrogens is 322 g/mol. The number of ether oxygens (including phenoxy) is 2. The van der Waals surface area contributed by atoms with Gasteiger partial charge in [0.05, 0.1) is 0 Å². The van der Waals surface area contributed by atoms with Gasteiger partial charge in [-0.1, -0.05) is 6.07 Å². The molecule has 25 heavy (non-hydrogen) atoms. The fourth-order valence-electron chi connectivity index (χ4n) is 2.94. The minimum atomic E-state index is -0.158. The Morgan fingerprint density at radius 2 is 1.84 bits per heavy atom. The van der Waals surface area contributed by atoms with Crippen LogP contribution in [0.2, 0.25) is 0 Å². The van der Waals surface area contributed by atoms with Gasteiger partial charge in [-0.3, -0.25) is 10.2 Å². The number of amides is 2. The van der Waals surface area contributed by atoms with E-state index >= 15 is 0 Å². The molecule has 0 atom stereocenters. The number of piperazine rings is 1. The van der Waals surface area contributed by atoms with Crippen molar-refractivity contribution in [3.05, 3.63) is 42.2 Å². The van der Waals surface area contributed by atoms with Crippen LogP contribution in [0.15, 0.2) is 36.7 Å². The smallest absolute Gasteiger partial charge is 0.324 e. The Balaban J connectivity index is 1.29. The normalized spacial score (nSPS) is 16.7. The van der Waals surface area contributed by atoms with Gasteiger partial charge in [0.1, 0.15) is 0 Å². The lowest BCUT2D eigenvalue weighted by Crippen LogP contribution is -2.49. The van der Waals surface area contributed by atoms with E-state index in [0.717, 1.165) is 31.1 Å². The largest absolute Gasteiger partial charge is 0.454 e. The minimum Gasteiger partial charge on any atom is -0.454 e. The van der Waals surface area contributed by atoms with Gasteiger partial charge in [0, 0.05) is 45.1 Å². The average molecular weight is 341 g/mol. The van der Waals surface area contributed by atoms with Crippen molar-refractivity contribution in [3.63, 3.8) is 0 Å². The van der Waals surface area contributed by atoms with E-state index in [0.29, 0.717) is 19.0 Å². The predicted molar refractivity (Wildman–Crippen MR) is 90.5 cm³/mol. The van der Waals surface area contributed by atoms with Gasteiger partial charge in [0.2, 0.25) is 12.7 Å². The summed E-state index contributed by atoms with van der Waals surface area (Å²) < 4.78 is 10.8. The van der Waals surface area contributed by atoms with E-state index in [1.165, 1.54) is 5.56 Å². The topological polar surface area (TPSA) is 79.8 Å². The highest BCUT2D eigenvalue weighted by molar-refractivity contribution is 5.87. The van der Waals surface area contributed by atoms with Crippen molar-refractivity contribution in [1.82, 2.24) is 19.8 Å². The third kappa shape index (κ3) is 3.63. The monoisotopic (exact) mass is 341 g/mol. The maximum absolute atomic E-state index is 12.2. The van der Waals surface area contributed by atoms with Crippen molar-refractivity contribution in [3.8, 4) is 11.5 Å². The number of carbonyl (C=O) groups is 1. The molecule has 0 radical (unpaired) electrons. The quantitative estimate of drug-likeness (QED) is 0.912. The Kier molecular flexibility index (Phi) is 4.34. The number of hydrogen-bond donors (Lipinski definition) is 1. The van der Waals surface area contributed by atoms with Crippen LogP contribution in [0.4, 0.5) is 10.7 Å². The Morgan fingerprint density at radius 1 is 1.08 bits per heavy atom.